The van der Waals surface area contributed by atoms with Gasteiger partial charge in [0.2, 0.25) is 0 Å². The fourth-order valence-corrected chi connectivity index (χ4v) is 4.66. The van der Waals surface area contributed by atoms with E-state index >= 15 is 0 Å². The number of H-pyrrole nitrogens is 1. The minimum absolute atomic E-state index is 0.00245. The van der Waals surface area contributed by atoms with Crippen molar-refractivity contribution in [2.45, 2.75) is 12.8 Å². The number of aromatic amines is 1. The molecule has 2 aliphatic rings. The standard InChI is InChI=1S/C25H24FN5O3/c26-18-3-6-21-17(11-18)12-20(23(32)29-21)22(30-27)13-28-19-4-1-16(2-5-19)24(33)31-9-7-25(14-31)8-10-34-15-25/h1-6,11-13,27-28H,7-10,14-15H2,(H,29,32)/b22-13-,30-27?. The van der Waals surface area contributed by atoms with E-state index in [1.54, 1.807) is 24.3 Å². The van der Waals surface area contributed by atoms with Crippen molar-refractivity contribution in [1.29, 1.82) is 5.53 Å². The van der Waals surface area contributed by atoms with Gasteiger partial charge in [-0.3, -0.25) is 9.59 Å². The number of benzene rings is 2. The maximum absolute atomic E-state index is 13.6. The largest absolute Gasteiger partial charge is 0.381 e. The van der Waals surface area contributed by atoms with Gasteiger partial charge in [-0.25, -0.2) is 9.92 Å². The van der Waals surface area contributed by atoms with Crippen molar-refractivity contribution in [3.63, 3.8) is 0 Å². The molecule has 2 fully saturated rings. The molecule has 1 spiro atoms. The molecule has 2 aromatic carbocycles. The third-order valence-electron chi connectivity index (χ3n) is 6.62. The maximum atomic E-state index is 13.6. The molecular formula is C25H24FN5O3. The van der Waals surface area contributed by atoms with Crippen LogP contribution in [0.2, 0.25) is 0 Å². The van der Waals surface area contributed by atoms with Gasteiger partial charge < -0.3 is 19.9 Å². The fraction of sp³-hybridized carbons (Fsp3) is 0.280. The van der Waals surface area contributed by atoms with Crippen LogP contribution in [0.25, 0.3) is 16.6 Å². The van der Waals surface area contributed by atoms with Crippen molar-refractivity contribution in [3.8, 4) is 0 Å². The van der Waals surface area contributed by atoms with Crippen molar-refractivity contribution in [1.82, 2.24) is 9.88 Å². The number of carbonyl (C=O) groups excluding carboxylic acids is 1. The number of nitrogens with one attached hydrogen (secondary N) is 3. The van der Waals surface area contributed by atoms with Crippen LogP contribution in [0.4, 0.5) is 10.1 Å². The molecule has 1 unspecified atom stereocenters. The Hall–Kier alpha value is -3.85. The lowest BCUT2D eigenvalue weighted by Crippen LogP contribution is -2.32. The number of likely N-dealkylation sites (tertiary alicyclic amines) is 1. The first-order valence-electron chi connectivity index (χ1n) is 11.1. The summed E-state index contributed by atoms with van der Waals surface area (Å²) >= 11 is 0. The predicted octanol–water partition coefficient (Wildman–Crippen LogP) is 4.36. The molecule has 3 N–H and O–H groups in total. The third-order valence-corrected chi connectivity index (χ3v) is 6.62. The second-order valence-corrected chi connectivity index (χ2v) is 8.89. The number of anilines is 1. The molecule has 1 aromatic heterocycles. The smallest absolute Gasteiger partial charge is 0.258 e. The van der Waals surface area contributed by atoms with E-state index in [4.69, 9.17) is 10.3 Å². The van der Waals surface area contributed by atoms with Gasteiger partial charge in [0.1, 0.15) is 11.5 Å². The zero-order valence-corrected chi connectivity index (χ0v) is 18.4. The van der Waals surface area contributed by atoms with Gasteiger partial charge in [-0.1, -0.05) is 0 Å². The van der Waals surface area contributed by atoms with Gasteiger partial charge in [0.05, 0.1) is 12.2 Å². The van der Waals surface area contributed by atoms with Crippen LogP contribution in [-0.2, 0) is 4.74 Å². The Morgan fingerprint density at radius 1 is 1.21 bits per heavy atom. The van der Waals surface area contributed by atoms with Gasteiger partial charge in [-0.2, -0.15) is 5.11 Å². The molecule has 9 heteroatoms. The predicted molar refractivity (Wildman–Crippen MR) is 126 cm³/mol. The molecule has 2 aliphatic heterocycles. The van der Waals surface area contributed by atoms with Gasteiger partial charge in [-0.05, 0) is 61.4 Å². The Morgan fingerprint density at radius 2 is 2.03 bits per heavy atom. The van der Waals surface area contributed by atoms with Crippen LogP contribution in [0, 0.1) is 16.8 Å². The minimum Gasteiger partial charge on any atom is -0.381 e. The van der Waals surface area contributed by atoms with Crippen molar-refractivity contribution >= 4 is 28.2 Å². The number of halogens is 1. The Balaban J connectivity index is 1.30. The Bertz CT molecular complexity index is 1340. The lowest BCUT2D eigenvalue weighted by molar-refractivity contribution is 0.0765. The molecule has 8 nitrogen and oxygen atoms in total. The van der Waals surface area contributed by atoms with Gasteiger partial charge in [0.15, 0.2) is 0 Å². The molecule has 1 amide bonds. The second kappa shape index (κ2) is 8.83. The van der Waals surface area contributed by atoms with E-state index in [1.807, 2.05) is 4.90 Å². The second-order valence-electron chi connectivity index (χ2n) is 8.89. The number of amides is 1. The van der Waals surface area contributed by atoms with E-state index in [0.29, 0.717) is 22.2 Å². The summed E-state index contributed by atoms with van der Waals surface area (Å²) < 4.78 is 19.1. The molecule has 0 saturated carbocycles. The SMILES string of the molecule is N=N/C(=C\Nc1ccc(C(=O)N2CCC3(CCOC3)C2)cc1)c1cc2cc(F)ccc2[nH]c1=O. The highest BCUT2D eigenvalue weighted by atomic mass is 19.1. The van der Waals surface area contributed by atoms with E-state index in [-0.39, 0.29) is 22.6 Å². The number of nitrogens with zero attached hydrogens (tertiary/aromatic N) is 2. The summed E-state index contributed by atoms with van der Waals surface area (Å²) in [6, 6.07) is 12.6. The number of fused-ring (bicyclic) bond motifs is 1. The molecule has 3 heterocycles. The molecule has 2 saturated heterocycles. The van der Waals surface area contributed by atoms with E-state index in [9.17, 15) is 14.0 Å². The van der Waals surface area contributed by atoms with Crippen molar-refractivity contribution in [3.05, 3.63) is 82.0 Å². The zero-order chi connectivity index (χ0) is 23.7. The quantitative estimate of drug-likeness (QED) is 0.490. The Kier molecular flexibility index (Phi) is 5.70. The normalized spacial score (nSPS) is 20.3. The van der Waals surface area contributed by atoms with Crippen molar-refractivity contribution in [2.24, 2.45) is 10.5 Å². The molecule has 5 rings (SSSR count). The highest BCUT2D eigenvalue weighted by Gasteiger charge is 2.42. The van der Waals surface area contributed by atoms with Crippen LogP contribution in [-0.4, -0.2) is 42.1 Å². The van der Waals surface area contributed by atoms with E-state index in [2.05, 4.69) is 15.4 Å². The van der Waals surface area contributed by atoms with Crippen LogP contribution >= 0.6 is 0 Å². The van der Waals surface area contributed by atoms with Gasteiger partial charge in [0.25, 0.3) is 11.5 Å². The summed E-state index contributed by atoms with van der Waals surface area (Å²) in [6.45, 7) is 2.96. The number of hydrogen-bond donors (Lipinski definition) is 3. The minimum atomic E-state index is -0.430. The fourth-order valence-electron chi connectivity index (χ4n) is 4.66. The van der Waals surface area contributed by atoms with Crippen LogP contribution in [0.1, 0.15) is 28.8 Å². The van der Waals surface area contributed by atoms with E-state index < -0.39 is 11.4 Å². The number of carbonyl (C=O) groups is 1. The van der Waals surface area contributed by atoms with Crippen LogP contribution in [0.3, 0.4) is 0 Å². The Labute approximate surface area is 194 Å². The van der Waals surface area contributed by atoms with E-state index in [0.717, 1.165) is 39.1 Å². The first-order valence-corrected chi connectivity index (χ1v) is 11.1. The summed E-state index contributed by atoms with van der Waals surface area (Å²) in [6.07, 6.45) is 3.41. The highest BCUT2D eigenvalue weighted by molar-refractivity contribution is 5.94. The number of aromatic nitrogens is 1. The number of hydrogen-bond acceptors (Lipinski definition) is 6. The first kappa shape index (κ1) is 22.0. The molecule has 0 radical (unpaired) electrons. The molecule has 1 atom stereocenters. The molecule has 0 bridgehead atoms. The van der Waals surface area contributed by atoms with Crippen LogP contribution < -0.4 is 10.9 Å². The lowest BCUT2D eigenvalue weighted by Gasteiger charge is -2.22. The van der Waals surface area contributed by atoms with Gasteiger partial charge >= 0.3 is 0 Å². The van der Waals surface area contributed by atoms with Crippen molar-refractivity contribution in [2.75, 3.05) is 31.6 Å². The van der Waals surface area contributed by atoms with Gasteiger partial charge in [0, 0.05) is 53.5 Å². The molecule has 34 heavy (non-hydrogen) atoms. The number of ether oxygens (including phenoxy) is 1. The van der Waals surface area contributed by atoms with Gasteiger partial charge in [-0.15, -0.1) is 0 Å². The number of rotatable bonds is 5. The van der Waals surface area contributed by atoms with E-state index in [1.165, 1.54) is 30.5 Å². The lowest BCUT2D eigenvalue weighted by atomic mass is 9.87. The topological polar surface area (TPSA) is 111 Å². The summed E-state index contributed by atoms with van der Waals surface area (Å²) in [5, 5.41) is 6.97. The average molecular weight is 461 g/mol. The maximum Gasteiger partial charge on any atom is 0.258 e. The van der Waals surface area contributed by atoms with Crippen molar-refractivity contribution < 1.29 is 13.9 Å². The molecule has 174 valence electrons. The van der Waals surface area contributed by atoms with Crippen LogP contribution in [0.5, 0.6) is 0 Å². The third kappa shape index (κ3) is 4.22. The van der Waals surface area contributed by atoms with Crippen LogP contribution in [0.15, 0.2) is 64.6 Å². The molecular weight excluding hydrogens is 437 g/mol. The summed E-state index contributed by atoms with van der Waals surface area (Å²) in [5.74, 6) is -0.421. The molecule has 3 aromatic rings. The zero-order valence-electron chi connectivity index (χ0n) is 18.4. The highest BCUT2D eigenvalue weighted by Crippen LogP contribution is 2.38. The number of pyridine rings is 1. The summed E-state index contributed by atoms with van der Waals surface area (Å²) in [7, 11) is 0. The first-order chi connectivity index (χ1) is 16.5. The monoisotopic (exact) mass is 461 g/mol. The Morgan fingerprint density at radius 3 is 2.76 bits per heavy atom. The molecule has 0 aliphatic carbocycles. The average Bonchev–Trinajstić information content (AvgIpc) is 3.49. The summed E-state index contributed by atoms with van der Waals surface area (Å²) in [4.78, 5) is 29.9. The summed E-state index contributed by atoms with van der Waals surface area (Å²) in [5.41, 5.74) is 9.18.